The third-order valence-corrected chi connectivity index (χ3v) is 3.67. The molecule has 20 heavy (non-hydrogen) atoms. The van der Waals surface area contributed by atoms with Gasteiger partial charge in [-0.3, -0.25) is 4.98 Å². The zero-order valence-corrected chi connectivity index (χ0v) is 12.9. The average Bonchev–Trinajstić information content (AvgIpc) is 2.44. The summed E-state index contributed by atoms with van der Waals surface area (Å²) >= 11 is 0. The molecule has 1 atom stereocenters. The largest absolute Gasteiger partial charge is 0.308 e. The van der Waals surface area contributed by atoms with Crippen LogP contribution in [0.15, 0.2) is 36.5 Å². The quantitative estimate of drug-likeness (QED) is 0.888. The molecular weight excluding hydrogens is 244 g/mol. The second kappa shape index (κ2) is 6.67. The molecule has 0 radical (unpaired) electrons. The molecule has 2 aromatic rings. The molecule has 0 fully saturated rings. The van der Waals surface area contributed by atoms with Gasteiger partial charge >= 0.3 is 0 Å². The van der Waals surface area contributed by atoms with E-state index in [1.54, 1.807) is 0 Å². The Balaban J connectivity index is 2.31. The van der Waals surface area contributed by atoms with Crippen LogP contribution >= 0.6 is 0 Å². The number of aryl methyl sites for hydroxylation is 3. The van der Waals surface area contributed by atoms with Crippen LogP contribution in [0.1, 0.15) is 47.3 Å². The summed E-state index contributed by atoms with van der Waals surface area (Å²) in [5.41, 5.74) is 6.23. The summed E-state index contributed by atoms with van der Waals surface area (Å²) in [6, 6.07) is 11.2. The molecule has 0 bridgehead atoms. The number of hydrogen-bond acceptors (Lipinski definition) is 2. The molecule has 2 heteroatoms. The molecular formula is C18H24N2. The van der Waals surface area contributed by atoms with E-state index < -0.39 is 0 Å². The fraction of sp³-hybridized carbons (Fsp3) is 0.389. The van der Waals surface area contributed by atoms with Crippen molar-refractivity contribution in [3.05, 3.63) is 64.5 Å². The van der Waals surface area contributed by atoms with Gasteiger partial charge in [-0.15, -0.1) is 0 Å². The van der Waals surface area contributed by atoms with E-state index in [-0.39, 0.29) is 6.04 Å². The number of hydrogen-bond donors (Lipinski definition) is 1. The summed E-state index contributed by atoms with van der Waals surface area (Å²) < 4.78 is 0. The molecule has 0 aliphatic rings. The summed E-state index contributed by atoms with van der Waals surface area (Å²) in [4.78, 5) is 4.62. The van der Waals surface area contributed by atoms with Crippen molar-refractivity contribution in [3.63, 3.8) is 0 Å². The van der Waals surface area contributed by atoms with Crippen molar-refractivity contribution >= 4 is 0 Å². The van der Waals surface area contributed by atoms with Crippen molar-refractivity contribution in [3.8, 4) is 0 Å². The van der Waals surface area contributed by atoms with Crippen molar-refractivity contribution in [2.45, 2.75) is 39.7 Å². The second-order valence-electron chi connectivity index (χ2n) is 5.43. The number of nitrogens with one attached hydrogen (secondary N) is 1. The SMILES string of the molecule is CCCc1ccc(C(NC)c2ncc(C)cc2C)cc1. The standard InChI is InChI=1S/C18H24N2/c1-5-6-15-7-9-16(10-8-15)18(19-4)17-14(3)11-13(2)12-20-17/h7-12,18-19H,5-6H2,1-4H3. The number of nitrogens with zero attached hydrogens (tertiary/aromatic N) is 1. The molecule has 1 aromatic carbocycles. The summed E-state index contributed by atoms with van der Waals surface area (Å²) in [5.74, 6) is 0. The maximum Gasteiger partial charge on any atom is 0.0751 e. The van der Waals surface area contributed by atoms with E-state index in [0.717, 1.165) is 12.1 Å². The van der Waals surface area contributed by atoms with Crippen LogP contribution in [0.25, 0.3) is 0 Å². The first-order chi connectivity index (χ1) is 9.65. The van der Waals surface area contributed by atoms with Gasteiger partial charge in [0.05, 0.1) is 11.7 Å². The van der Waals surface area contributed by atoms with E-state index >= 15 is 0 Å². The highest BCUT2D eigenvalue weighted by atomic mass is 14.9. The lowest BCUT2D eigenvalue weighted by molar-refractivity contribution is 0.665. The van der Waals surface area contributed by atoms with E-state index in [0.29, 0.717) is 0 Å². The van der Waals surface area contributed by atoms with Gasteiger partial charge in [0.1, 0.15) is 0 Å². The lowest BCUT2D eigenvalue weighted by atomic mass is 9.97. The van der Waals surface area contributed by atoms with E-state index in [1.165, 1.54) is 28.7 Å². The predicted octanol–water partition coefficient (Wildman–Crippen LogP) is 3.96. The fourth-order valence-electron chi connectivity index (χ4n) is 2.65. The minimum atomic E-state index is 0.159. The molecule has 1 unspecified atom stereocenters. The molecule has 0 aliphatic heterocycles. The normalized spacial score (nSPS) is 12.4. The van der Waals surface area contributed by atoms with E-state index in [9.17, 15) is 0 Å². The first kappa shape index (κ1) is 14.7. The number of rotatable bonds is 5. The fourth-order valence-corrected chi connectivity index (χ4v) is 2.65. The van der Waals surface area contributed by atoms with Gasteiger partial charge in [0.25, 0.3) is 0 Å². The molecule has 1 heterocycles. The molecule has 0 amide bonds. The van der Waals surface area contributed by atoms with Gasteiger partial charge in [-0.1, -0.05) is 43.7 Å². The minimum Gasteiger partial charge on any atom is -0.308 e. The molecule has 2 nitrogen and oxygen atoms in total. The van der Waals surface area contributed by atoms with Gasteiger partial charge in [-0.25, -0.2) is 0 Å². The maximum atomic E-state index is 4.62. The third kappa shape index (κ3) is 3.26. The second-order valence-corrected chi connectivity index (χ2v) is 5.43. The van der Waals surface area contributed by atoms with Crippen molar-refractivity contribution < 1.29 is 0 Å². The van der Waals surface area contributed by atoms with Crippen LogP contribution in [0.4, 0.5) is 0 Å². The number of aromatic nitrogens is 1. The van der Waals surface area contributed by atoms with Crippen molar-refractivity contribution in [2.75, 3.05) is 7.05 Å². The first-order valence-electron chi connectivity index (χ1n) is 7.35. The zero-order valence-electron chi connectivity index (χ0n) is 12.9. The van der Waals surface area contributed by atoms with E-state index in [2.05, 4.69) is 61.4 Å². The summed E-state index contributed by atoms with van der Waals surface area (Å²) in [6.45, 7) is 6.42. The Bertz CT molecular complexity index is 558. The van der Waals surface area contributed by atoms with Gasteiger partial charge in [0.15, 0.2) is 0 Å². The lowest BCUT2D eigenvalue weighted by Crippen LogP contribution is -2.20. The van der Waals surface area contributed by atoms with Crippen LogP contribution in [0, 0.1) is 13.8 Å². The lowest BCUT2D eigenvalue weighted by Gasteiger charge is -2.19. The zero-order chi connectivity index (χ0) is 14.5. The molecule has 0 saturated carbocycles. The molecule has 1 N–H and O–H groups in total. The molecule has 106 valence electrons. The van der Waals surface area contributed by atoms with Gasteiger partial charge in [0, 0.05) is 6.20 Å². The summed E-state index contributed by atoms with van der Waals surface area (Å²) in [7, 11) is 1.99. The average molecular weight is 268 g/mol. The van der Waals surface area contributed by atoms with Crippen LogP contribution in [0.3, 0.4) is 0 Å². The van der Waals surface area contributed by atoms with Crippen LogP contribution in [-0.2, 0) is 6.42 Å². The maximum absolute atomic E-state index is 4.62. The smallest absolute Gasteiger partial charge is 0.0751 e. The van der Waals surface area contributed by atoms with E-state index in [4.69, 9.17) is 0 Å². The first-order valence-corrected chi connectivity index (χ1v) is 7.35. The van der Waals surface area contributed by atoms with Crippen molar-refractivity contribution in [1.29, 1.82) is 0 Å². The van der Waals surface area contributed by atoms with Crippen molar-refractivity contribution in [2.24, 2.45) is 0 Å². The van der Waals surface area contributed by atoms with Crippen molar-refractivity contribution in [1.82, 2.24) is 10.3 Å². The Kier molecular flexibility index (Phi) is 4.91. The summed E-state index contributed by atoms with van der Waals surface area (Å²) in [6.07, 6.45) is 4.28. The Morgan fingerprint density at radius 2 is 1.85 bits per heavy atom. The number of benzene rings is 1. The van der Waals surface area contributed by atoms with Gasteiger partial charge in [-0.05, 0) is 49.6 Å². The van der Waals surface area contributed by atoms with E-state index in [1.807, 2.05) is 13.2 Å². The highest BCUT2D eigenvalue weighted by molar-refractivity contribution is 5.35. The molecule has 0 aliphatic carbocycles. The third-order valence-electron chi connectivity index (χ3n) is 3.67. The Morgan fingerprint density at radius 3 is 2.40 bits per heavy atom. The molecule has 2 rings (SSSR count). The van der Waals surface area contributed by atoms with Gasteiger partial charge in [0.2, 0.25) is 0 Å². The highest BCUT2D eigenvalue weighted by Gasteiger charge is 2.15. The molecule has 0 spiro atoms. The van der Waals surface area contributed by atoms with Crippen LogP contribution in [-0.4, -0.2) is 12.0 Å². The monoisotopic (exact) mass is 268 g/mol. The Labute approximate surface area is 122 Å². The summed E-state index contributed by atoms with van der Waals surface area (Å²) in [5, 5.41) is 3.38. The van der Waals surface area contributed by atoms with Crippen LogP contribution in [0.5, 0.6) is 0 Å². The van der Waals surface area contributed by atoms with Gasteiger partial charge < -0.3 is 5.32 Å². The molecule has 0 saturated heterocycles. The topological polar surface area (TPSA) is 24.9 Å². The van der Waals surface area contributed by atoms with Gasteiger partial charge in [-0.2, -0.15) is 0 Å². The predicted molar refractivity (Wildman–Crippen MR) is 85.1 cm³/mol. The van der Waals surface area contributed by atoms with Crippen LogP contribution in [0.2, 0.25) is 0 Å². The van der Waals surface area contributed by atoms with Crippen LogP contribution < -0.4 is 5.32 Å². The molecule has 1 aromatic heterocycles. The Hall–Kier alpha value is -1.67. The highest BCUT2D eigenvalue weighted by Crippen LogP contribution is 2.23. The number of pyridine rings is 1. The minimum absolute atomic E-state index is 0.159. The Morgan fingerprint density at radius 1 is 1.15 bits per heavy atom.